The van der Waals surface area contributed by atoms with Gasteiger partial charge in [-0.2, -0.15) is 0 Å². The molecule has 0 aliphatic heterocycles. The zero-order valence-corrected chi connectivity index (χ0v) is 6.75. The highest BCUT2D eigenvalue weighted by Gasteiger charge is 2.52. The first-order valence-corrected chi connectivity index (χ1v) is 4.89. The molecule has 0 N–H and O–H groups in total. The Labute approximate surface area is 67.2 Å². The minimum Gasteiger partial charge on any atom is -0.299 e. The van der Waals surface area contributed by atoms with E-state index in [9.17, 15) is 4.79 Å². The summed E-state index contributed by atoms with van der Waals surface area (Å²) in [6, 6.07) is 0. The molecule has 0 heterocycles. The zero-order valence-electron chi connectivity index (χ0n) is 6.75. The third-order valence-electron chi connectivity index (χ3n) is 4.19. The molecule has 60 valence electrons. The summed E-state index contributed by atoms with van der Waals surface area (Å²) in [5.41, 5.74) is 0. The topological polar surface area (TPSA) is 17.1 Å². The summed E-state index contributed by atoms with van der Waals surface area (Å²) in [5.74, 6) is 3.74. The average Bonchev–Trinajstić information content (AvgIpc) is 2.53. The molecule has 3 aliphatic carbocycles. The minimum absolute atomic E-state index is 0.521. The van der Waals surface area contributed by atoms with Gasteiger partial charge < -0.3 is 0 Å². The quantitative estimate of drug-likeness (QED) is 0.516. The zero-order chi connectivity index (χ0) is 7.42. The molecule has 0 aromatic carbocycles. The Kier molecular flexibility index (Phi) is 1.06. The molecule has 0 aromatic heterocycles. The SMILES string of the molecule is O=C1C[C@H]2CC[C@H]3CC[C@@H]1[C@@H]32. The Balaban J connectivity index is 1.99. The van der Waals surface area contributed by atoms with Gasteiger partial charge in [-0.05, 0) is 43.4 Å². The third kappa shape index (κ3) is 0.646. The second kappa shape index (κ2) is 1.88. The second-order valence-corrected chi connectivity index (χ2v) is 4.53. The van der Waals surface area contributed by atoms with E-state index in [0.29, 0.717) is 11.7 Å². The molecule has 11 heavy (non-hydrogen) atoms. The van der Waals surface area contributed by atoms with Crippen LogP contribution in [0.3, 0.4) is 0 Å². The van der Waals surface area contributed by atoms with E-state index in [4.69, 9.17) is 0 Å². The summed E-state index contributed by atoms with van der Waals surface area (Å²) >= 11 is 0. The van der Waals surface area contributed by atoms with Gasteiger partial charge in [0.05, 0.1) is 0 Å². The van der Waals surface area contributed by atoms with Gasteiger partial charge in [-0.15, -0.1) is 0 Å². The predicted octanol–water partition coefficient (Wildman–Crippen LogP) is 2.01. The number of ketones is 1. The smallest absolute Gasteiger partial charge is 0.136 e. The van der Waals surface area contributed by atoms with Crippen molar-refractivity contribution in [1.29, 1.82) is 0 Å². The molecule has 0 bridgehead atoms. The molecule has 4 atom stereocenters. The molecule has 3 fully saturated rings. The molecule has 0 amide bonds. The lowest BCUT2D eigenvalue weighted by atomic mass is 9.92. The number of hydrogen-bond donors (Lipinski definition) is 0. The Bertz CT molecular complexity index is 209. The maximum absolute atomic E-state index is 11.4. The van der Waals surface area contributed by atoms with Crippen LogP contribution in [0.25, 0.3) is 0 Å². The van der Waals surface area contributed by atoms with Crippen molar-refractivity contribution in [3.05, 3.63) is 0 Å². The van der Waals surface area contributed by atoms with Crippen LogP contribution in [0.2, 0.25) is 0 Å². The van der Waals surface area contributed by atoms with Gasteiger partial charge in [0.2, 0.25) is 0 Å². The predicted molar refractivity (Wildman–Crippen MR) is 42.1 cm³/mol. The van der Waals surface area contributed by atoms with E-state index < -0.39 is 0 Å². The first-order chi connectivity index (χ1) is 5.36. The van der Waals surface area contributed by atoms with Crippen molar-refractivity contribution in [2.45, 2.75) is 32.1 Å². The molecule has 3 saturated carbocycles. The number of carbonyl (C=O) groups excluding carboxylic acids is 1. The molecule has 0 spiro atoms. The van der Waals surface area contributed by atoms with Crippen LogP contribution >= 0.6 is 0 Å². The van der Waals surface area contributed by atoms with Crippen molar-refractivity contribution >= 4 is 5.78 Å². The second-order valence-electron chi connectivity index (χ2n) is 4.53. The maximum Gasteiger partial charge on any atom is 0.136 e. The molecule has 1 nitrogen and oxygen atoms in total. The van der Waals surface area contributed by atoms with E-state index in [1.165, 1.54) is 25.7 Å². The molecule has 3 rings (SSSR count). The van der Waals surface area contributed by atoms with Crippen LogP contribution in [0.5, 0.6) is 0 Å². The number of Topliss-reactive ketones (excluding diaryl/α,β-unsaturated/α-hetero) is 1. The van der Waals surface area contributed by atoms with Crippen LogP contribution < -0.4 is 0 Å². The summed E-state index contributed by atoms with van der Waals surface area (Å²) in [6.45, 7) is 0. The van der Waals surface area contributed by atoms with E-state index in [1.807, 2.05) is 0 Å². The molecule has 0 aromatic rings. The van der Waals surface area contributed by atoms with E-state index in [0.717, 1.165) is 24.2 Å². The van der Waals surface area contributed by atoms with Crippen molar-refractivity contribution < 1.29 is 4.79 Å². The highest BCUT2D eigenvalue weighted by atomic mass is 16.1. The van der Waals surface area contributed by atoms with Crippen LogP contribution in [0.15, 0.2) is 0 Å². The first kappa shape index (κ1) is 6.22. The molecule has 3 aliphatic rings. The monoisotopic (exact) mass is 150 g/mol. The van der Waals surface area contributed by atoms with Crippen molar-refractivity contribution in [3.63, 3.8) is 0 Å². The molecule has 0 unspecified atom stereocenters. The fraction of sp³-hybridized carbons (Fsp3) is 0.900. The summed E-state index contributed by atoms with van der Waals surface area (Å²) in [5, 5.41) is 0. The molecule has 1 heteroatoms. The van der Waals surface area contributed by atoms with Crippen molar-refractivity contribution in [1.82, 2.24) is 0 Å². The Hall–Kier alpha value is -0.330. The highest BCUT2D eigenvalue weighted by Crippen LogP contribution is 2.56. The fourth-order valence-electron chi connectivity index (χ4n) is 3.80. The van der Waals surface area contributed by atoms with Gasteiger partial charge in [-0.3, -0.25) is 4.79 Å². The van der Waals surface area contributed by atoms with Gasteiger partial charge in [0.15, 0.2) is 0 Å². The molecule has 0 saturated heterocycles. The summed E-state index contributed by atoms with van der Waals surface area (Å²) < 4.78 is 0. The Morgan fingerprint density at radius 1 is 1.00 bits per heavy atom. The summed E-state index contributed by atoms with van der Waals surface area (Å²) in [7, 11) is 0. The third-order valence-corrected chi connectivity index (χ3v) is 4.19. The number of rotatable bonds is 0. The van der Waals surface area contributed by atoms with E-state index in [1.54, 1.807) is 0 Å². The van der Waals surface area contributed by atoms with Crippen LogP contribution in [0.1, 0.15) is 32.1 Å². The minimum atomic E-state index is 0.521. The largest absolute Gasteiger partial charge is 0.299 e. The van der Waals surface area contributed by atoms with Crippen molar-refractivity contribution in [3.8, 4) is 0 Å². The lowest BCUT2D eigenvalue weighted by molar-refractivity contribution is -0.121. The highest BCUT2D eigenvalue weighted by molar-refractivity contribution is 5.84. The lowest BCUT2D eigenvalue weighted by Gasteiger charge is -2.11. The number of hydrogen-bond acceptors (Lipinski definition) is 1. The number of carbonyl (C=O) groups is 1. The molecular weight excluding hydrogens is 136 g/mol. The van der Waals surface area contributed by atoms with Crippen LogP contribution in [-0.4, -0.2) is 5.78 Å². The van der Waals surface area contributed by atoms with Crippen LogP contribution in [0.4, 0.5) is 0 Å². The average molecular weight is 150 g/mol. The standard InChI is InChI=1S/C10H14O/c11-9-5-7-2-1-6-3-4-8(9)10(6)7/h6-8,10H,1-5H2/t6-,7+,8-,10-/m0/s1. The van der Waals surface area contributed by atoms with Crippen molar-refractivity contribution in [2.75, 3.05) is 0 Å². The summed E-state index contributed by atoms with van der Waals surface area (Å²) in [6.07, 6.45) is 6.31. The molecular formula is C10H14O. The van der Waals surface area contributed by atoms with E-state index in [2.05, 4.69) is 0 Å². The van der Waals surface area contributed by atoms with Crippen LogP contribution in [-0.2, 0) is 4.79 Å². The fourth-order valence-corrected chi connectivity index (χ4v) is 3.80. The van der Waals surface area contributed by atoms with E-state index >= 15 is 0 Å². The lowest BCUT2D eigenvalue weighted by Crippen LogP contribution is -2.11. The van der Waals surface area contributed by atoms with Crippen LogP contribution in [0, 0.1) is 23.7 Å². The van der Waals surface area contributed by atoms with Gasteiger partial charge in [-0.25, -0.2) is 0 Å². The Morgan fingerprint density at radius 2 is 1.73 bits per heavy atom. The maximum atomic E-state index is 11.4. The van der Waals surface area contributed by atoms with Crippen molar-refractivity contribution in [2.24, 2.45) is 23.7 Å². The van der Waals surface area contributed by atoms with E-state index in [-0.39, 0.29) is 0 Å². The van der Waals surface area contributed by atoms with Gasteiger partial charge in [0.1, 0.15) is 5.78 Å². The molecule has 0 radical (unpaired) electrons. The first-order valence-electron chi connectivity index (χ1n) is 4.89. The Morgan fingerprint density at radius 3 is 2.64 bits per heavy atom. The van der Waals surface area contributed by atoms with Gasteiger partial charge in [0.25, 0.3) is 0 Å². The summed E-state index contributed by atoms with van der Waals surface area (Å²) in [4.78, 5) is 11.4. The van der Waals surface area contributed by atoms with Gasteiger partial charge >= 0.3 is 0 Å². The van der Waals surface area contributed by atoms with Gasteiger partial charge in [-0.1, -0.05) is 0 Å². The van der Waals surface area contributed by atoms with Gasteiger partial charge in [0, 0.05) is 12.3 Å². The normalized spacial score (nSPS) is 53.6.